The minimum absolute atomic E-state index is 0.0428. The standard InChI is InChI=1S/C14H18O2/c1-14(2,3)12-7-8-13(16)11(10-12)6-4-5-9-15/h7-8,10,15-16H,5,9H2,1-3H3. The zero-order chi connectivity index (χ0) is 12.2. The summed E-state index contributed by atoms with van der Waals surface area (Å²) in [5.41, 5.74) is 1.81. The Balaban J connectivity index is 3.06. The molecule has 0 amide bonds. The first-order valence-corrected chi connectivity index (χ1v) is 5.38. The molecule has 0 aliphatic carbocycles. The SMILES string of the molecule is CC(C)(C)c1ccc(O)c(C#CCCO)c1. The summed E-state index contributed by atoms with van der Waals surface area (Å²) in [6.07, 6.45) is 0.430. The average Bonchev–Trinajstić information content (AvgIpc) is 2.19. The fraction of sp³-hybridized carbons (Fsp3) is 0.429. The van der Waals surface area contributed by atoms with E-state index in [9.17, 15) is 5.11 Å². The topological polar surface area (TPSA) is 40.5 Å². The number of aliphatic hydroxyl groups excluding tert-OH is 1. The van der Waals surface area contributed by atoms with Gasteiger partial charge in [-0.05, 0) is 23.1 Å². The Morgan fingerprint density at radius 3 is 2.50 bits per heavy atom. The molecule has 0 heterocycles. The van der Waals surface area contributed by atoms with Crippen LogP contribution in [0.5, 0.6) is 5.75 Å². The van der Waals surface area contributed by atoms with E-state index in [4.69, 9.17) is 5.11 Å². The minimum Gasteiger partial charge on any atom is -0.507 e. The van der Waals surface area contributed by atoms with Crippen LogP contribution in [0.25, 0.3) is 0 Å². The van der Waals surface area contributed by atoms with E-state index < -0.39 is 0 Å². The Morgan fingerprint density at radius 1 is 1.25 bits per heavy atom. The number of hydrogen-bond acceptors (Lipinski definition) is 2. The maximum atomic E-state index is 9.64. The summed E-state index contributed by atoms with van der Waals surface area (Å²) < 4.78 is 0. The average molecular weight is 218 g/mol. The molecule has 1 aromatic rings. The van der Waals surface area contributed by atoms with Crippen molar-refractivity contribution in [2.45, 2.75) is 32.6 Å². The lowest BCUT2D eigenvalue weighted by Crippen LogP contribution is -2.10. The van der Waals surface area contributed by atoms with Crippen LogP contribution in [0.2, 0.25) is 0 Å². The number of rotatable bonds is 1. The fourth-order valence-corrected chi connectivity index (χ4v) is 1.32. The summed E-state index contributed by atoms with van der Waals surface area (Å²) in [5.74, 6) is 5.87. The van der Waals surface area contributed by atoms with E-state index in [1.54, 1.807) is 6.07 Å². The van der Waals surface area contributed by atoms with Gasteiger partial charge in [-0.3, -0.25) is 0 Å². The molecule has 2 heteroatoms. The van der Waals surface area contributed by atoms with Gasteiger partial charge in [0.1, 0.15) is 5.75 Å². The van der Waals surface area contributed by atoms with Crippen molar-refractivity contribution in [2.24, 2.45) is 0 Å². The molecule has 1 rings (SSSR count). The van der Waals surface area contributed by atoms with Crippen molar-refractivity contribution in [3.8, 4) is 17.6 Å². The molecule has 0 unspecified atom stereocenters. The van der Waals surface area contributed by atoms with Gasteiger partial charge < -0.3 is 10.2 Å². The molecule has 1 aromatic carbocycles. The van der Waals surface area contributed by atoms with Crippen molar-refractivity contribution in [1.82, 2.24) is 0 Å². The number of hydrogen-bond donors (Lipinski definition) is 2. The van der Waals surface area contributed by atoms with E-state index >= 15 is 0 Å². The molecule has 0 fully saturated rings. The molecular formula is C14H18O2. The van der Waals surface area contributed by atoms with Crippen molar-refractivity contribution in [1.29, 1.82) is 0 Å². The number of phenols is 1. The van der Waals surface area contributed by atoms with E-state index in [1.807, 2.05) is 12.1 Å². The monoisotopic (exact) mass is 218 g/mol. The van der Waals surface area contributed by atoms with Gasteiger partial charge in [-0.2, -0.15) is 0 Å². The summed E-state index contributed by atoms with van der Waals surface area (Å²) in [4.78, 5) is 0. The maximum absolute atomic E-state index is 9.64. The highest BCUT2D eigenvalue weighted by Gasteiger charge is 2.14. The van der Waals surface area contributed by atoms with E-state index in [-0.39, 0.29) is 17.8 Å². The Morgan fingerprint density at radius 2 is 1.94 bits per heavy atom. The van der Waals surface area contributed by atoms with E-state index in [0.717, 1.165) is 5.56 Å². The second-order valence-electron chi connectivity index (χ2n) is 4.76. The maximum Gasteiger partial charge on any atom is 0.131 e. The highest BCUT2D eigenvalue weighted by molar-refractivity contribution is 5.48. The Kier molecular flexibility index (Phi) is 3.98. The molecule has 0 aromatic heterocycles. The van der Waals surface area contributed by atoms with Gasteiger partial charge in [0.05, 0.1) is 12.2 Å². The lowest BCUT2D eigenvalue weighted by molar-refractivity contribution is 0.305. The third kappa shape index (κ3) is 3.29. The fourth-order valence-electron chi connectivity index (χ4n) is 1.32. The van der Waals surface area contributed by atoms with Crippen molar-refractivity contribution in [3.63, 3.8) is 0 Å². The first-order chi connectivity index (χ1) is 7.45. The van der Waals surface area contributed by atoms with Gasteiger partial charge in [0.2, 0.25) is 0 Å². The van der Waals surface area contributed by atoms with Gasteiger partial charge in [0.25, 0.3) is 0 Å². The number of aromatic hydroxyl groups is 1. The molecule has 2 N–H and O–H groups in total. The quantitative estimate of drug-likeness (QED) is 0.711. The molecule has 0 aliphatic heterocycles. The smallest absolute Gasteiger partial charge is 0.131 e. The number of aliphatic hydroxyl groups is 1. The molecule has 0 spiro atoms. The largest absolute Gasteiger partial charge is 0.507 e. The zero-order valence-electron chi connectivity index (χ0n) is 10.0. The zero-order valence-corrected chi connectivity index (χ0v) is 10.0. The third-order valence-corrected chi connectivity index (χ3v) is 2.32. The lowest BCUT2D eigenvalue weighted by Gasteiger charge is -2.19. The molecule has 16 heavy (non-hydrogen) atoms. The summed E-state index contributed by atoms with van der Waals surface area (Å²) in [5, 5.41) is 18.3. The van der Waals surface area contributed by atoms with Crippen molar-refractivity contribution in [3.05, 3.63) is 29.3 Å². The van der Waals surface area contributed by atoms with E-state index in [0.29, 0.717) is 12.0 Å². The molecule has 0 bridgehead atoms. The van der Waals surface area contributed by atoms with Gasteiger partial charge in [0.15, 0.2) is 0 Å². The third-order valence-electron chi connectivity index (χ3n) is 2.32. The summed E-state index contributed by atoms with van der Waals surface area (Å²) in [6.45, 7) is 6.39. The molecule has 0 saturated heterocycles. The Bertz CT molecular complexity index is 417. The second kappa shape index (κ2) is 5.05. The Hall–Kier alpha value is -1.46. The minimum atomic E-state index is 0.0428. The van der Waals surface area contributed by atoms with Gasteiger partial charge in [0, 0.05) is 6.42 Å². The van der Waals surface area contributed by atoms with Crippen molar-refractivity contribution < 1.29 is 10.2 Å². The van der Waals surface area contributed by atoms with Gasteiger partial charge in [-0.1, -0.05) is 38.7 Å². The van der Waals surface area contributed by atoms with Crippen LogP contribution in [0, 0.1) is 11.8 Å². The lowest BCUT2D eigenvalue weighted by atomic mass is 9.86. The first-order valence-electron chi connectivity index (χ1n) is 5.38. The molecular weight excluding hydrogens is 200 g/mol. The van der Waals surface area contributed by atoms with Crippen LogP contribution in [0.15, 0.2) is 18.2 Å². The van der Waals surface area contributed by atoms with Crippen LogP contribution >= 0.6 is 0 Å². The van der Waals surface area contributed by atoms with Crippen LogP contribution in [0.3, 0.4) is 0 Å². The van der Waals surface area contributed by atoms with Crippen molar-refractivity contribution >= 4 is 0 Å². The highest BCUT2D eigenvalue weighted by Crippen LogP contribution is 2.26. The molecule has 0 radical (unpaired) electrons. The first kappa shape index (κ1) is 12.6. The number of phenolic OH excluding ortho intramolecular Hbond substituents is 1. The second-order valence-corrected chi connectivity index (χ2v) is 4.76. The molecule has 0 atom stereocenters. The number of benzene rings is 1. The summed E-state index contributed by atoms with van der Waals surface area (Å²) in [7, 11) is 0. The van der Waals surface area contributed by atoms with Gasteiger partial charge in [-0.15, -0.1) is 0 Å². The van der Waals surface area contributed by atoms with Crippen LogP contribution in [-0.4, -0.2) is 16.8 Å². The predicted molar refractivity (Wildman–Crippen MR) is 65.4 cm³/mol. The van der Waals surface area contributed by atoms with Crippen LogP contribution in [-0.2, 0) is 5.41 Å². The van der Waals surface area contributed by atoms with E-state index in [1.165, 1.54) is 0 Å². The normalized spacial score (nSPS) is 10.8. The van der Waals surface area contributed by atoms with Crippen molar-refractivity contribution in [2.75, 3.05) is 6.61 Å². The molecule has 86 valence electrons. The molecule has 0 saturated carbocycles. The van der Waals surface area contributed by atoms with Gasteiger partial charge in [-0.25, -0.2) is 0 Å². The molecule has 0 aliphatic rings. The Labute approximate surface area is 96.9 Å². The van der Waals surface area contributed by atoms with Crippen LogP contribution in [0.1, 0.15) is 38.3 Å². The van der Waals surface area contributed by atoms with Crippen LogP contribution < -0.4 is 0 Å². The van der Waals surface area contributed by atoms with Crippen LogP contribution in [0.4, 0.5) is 0 Å². The summed E-state index contributed by atoms with van der Waals surface area (Å²) >= 11 is 0. The molecule has 2 nitrogen and oxygen atoms in total. The van der Waals surface area contributed by atoms with Gasteiger partial charge >= 0.3 is 0 Å². The highest BCUT2D eigenvalue weighted by atomic mass is 16.3. The van der Waals surface area contributed by atoms with E-state index in [2.05, 4.69) is 32.6 Å². The predicted octanol–water partition coefficient (Wildman–Crippen LogP) is 2.42. The summed E-state index contributed by atoms with van der Waals surface area (Å²) in [6, 6.07) is 5.48.